The molecule has 0 bridgehead atoms. The second-order valence-electron chi connectivity index (χ2n) is 5.71. The van der Waals surface area contributed by atoms with Crippen molar-refractivity contribution < 1.29 is 9.18 Å². The number of fused-ring (bicyclic) bond motifs is 1. The first-order chi connectivity index (χ1) is 12.1. The van der Waals surface area contributed by atoms with E-state index in [2.05, 4.69) is 15.5 Å². The van der Waals surface area contributed by atoms with Gasteiger partial charge in [0.2, 0.25) is 0 Å². The predicted octanol–water partition coefficient (Wildman–Crippen LogP) is 3.16. The Labute approximate surface area is 145 Å². The molecule has 0 spiro atoms. The van der Waals surface area contributed by atoms with Gasteiger partial charge in [0, 0.05) is 36.5 Å². The van der Waals surface area contributed by atoms with E-state index in [1.54, 1.807) is 18.2 Å². The molecule has 0 aliphatic rings. The molecule has 3 rings (SSSR count). The summed E-state index contributed by atoms with van der Waals surface area (Å²) in [5.41, 5.74) is 0.663. The molecule has 128 valence electrons. The van der Waals surface area contributed by atoms with Crippen molar-refractivity contribution in [3.05, 3.63) is 65.6 Å². The van der Waals surface area contributed by atoms with Crippen LogP contribution in [0.2, 0.25) is 0 Å². The fraction of sp³-hybridized carbons (Fsp3) is 0.211. The van der Waals surface area contributed by atoms with Gasteiger partial charge in [-0.2, -0.15) is 0 Å². The highest BCUT2D eigenvalue weighted by Crippen LogP contribution is 2.25. The van der Waals surface area contributed by atoms with E-state index in [9.17, 15) is 9.18 Å². The minimum atomic E-state index is -0.377. The molecule has 2 aromatic carbocycles. The van der Waals surface area contributed by atoms with E-state index < -0.39 is 0 Å². The minimum absolute atomic E-state index is 0.0954. The highest BCUT2D eigenvalue weighted by Gasteiger charge is 2.17. The molecule has 0 aliphatic heterocycles. The van der Waals surface area contributed by atoms with Gasteiger partial charge in [0.1, 0.15) is 5.82 Å². The van der Waals surface area contributed by atoms with Crippen LogP contribution in [-0.2, 0) is 6.54 Å². The Kier molecular flexibility index (Phi) is 4.88. The lowest BCUT2D eigenvalue weighted by Gasteiger charge is -2.18. The number of hydrogen-bond donors (Lipinski definition) is 1. The fourth-order valence-electron chi connectivity index (χ4n) is 2.59. The lowest BCUT2D eigenvalue weighted by molar-refractivity contribution is 0.0946. The SMILES string of the molecule is CCN(C)c1nnc(C(=O)NCc2ccccc2F)c2ccccc12. The van der Waals surface area contributed by atoms with Crippen LogP contribution < -0.4 is 10.2 Å². The first-order valence-corrected chi connectivity index (χ1v) is 8.10. The molecule has 6 heteroatoms. The minimum Gasteiger partial charge on any atom is -0.358 e. The Balaban J connectivity index is 1.91. The molecule has 1 aromatic heterocycles. The Morgan fingerprint density at radius 2 is 1.76 bits per heavy atom. The molecule has 1 N–H and O–H groups in total. The molecule has 0 radical (unpaired) electrons. The Morgan fingerprint density at radius 3 is 2.48 bits per heavy atom. The maximum atomic E-state index is 13.7. The van der Waals surface area contributed by atoms with Crippen molar-refractivity contribution in [2.24, 2.45) is 0 Å². The topological polar surface area (TPSA) is 58.1 Å². The number of amides is 1. The molecule has 0 saturated carbocycles. The molecular weight excluding hydrogens is 319 g/mol. The molecule has 5 nitrogen and oxygen atoms in total. The van der Waals surface area contributed by atoms with Crippen LogP contribution in [0.1, 0.15) is 23.0 Å². The van der Waals surface area contributed by atoms with Crippen LogP contribution in [0.15, 0.2) is 48.5 Å². The number of hydrogen-bond acceptors (Lipinski definition) is 4. The first-order valence-electron chi connectivity index (χ1n) is 8.10. The van der Waals surface area contributed by atoms with Crippen LogP contribution in [0.4, 0.5) is 10.2 Å². The lowest BCUT2D eigenvalue weighted by Crippen LogP contribution is -2.26. The summed E-state index contributed by atoms with van der Waals surface area (Å²) in [6.45, 7) is 2.89. The van der Waals surface area contributed by atoms with Crippen LogP contribution in [0, 0.1) is 5.82 Å². The highest BCUT2D eigenvalue weighted by atomic mass is 19.1. The standard InChI is InChI=1S/C19H19FN4O/c1-3-24(2)18-15-10-6-5-9-14(15)17(22-23-18)19(25)21-12-13-8-4-7-11-16(13)20/h4-11H,3,12H2,1-2H3,(H,21,25). The number of anilines is 1. The largest absolute Gasteiger partial charge is 0.358 e. The summed E-state index contributed by atoms with van der Waals surface area (Å²) >= 11 is 0. The maximum Gasteiger partial charge on any atom is 0.272 e. The van der Waals surface area contributed by atoms with Crippen molar-refractivity contribution in [1.29, 1.82) is 0 Å². The summed E-state index contributed by atoms with van der Waals surface area (Å²) in [6.07, 6.45) is 0. The van der Waals surface area contributed by atoms with Crippen molar-refractivity contribution in [2.75, 3.05) is 18.5 Å². The van der Waals surface area contributed by atoms with Gasteiger partial charge in [-0.1, -0.05) is 42.5 Å². The number of halogens is 1. The van der Waals surface area contributed by atoms with Gasteiger partial charge >= 0.3 is 0 Å². The molecule has 0 aliphatic carbocycles. The van der Waals surface area contributed by atoms with Gasteiger partial charge in [-0.3, -0.25) is 4.79 Å². The maximum absolute atomic E-state index is 13.7. The van der Waals surface area contributed by atoms with Gasteiger partial charge in [-0.05, 0) is 13.0 Å². The first kappa shape index (κ1) is 16.8. The average Bonchev–Trinajstić information content (AvgIpc) is 2.65. The molecule has 25 heavy (non-hydrogen) atoms. The quantitative estimate of drug-likeness (QED) is 0.776. The third-order valence-electron chi connectivity index (χ3n) is 4.12. The third kappa shape index (κ3) is 3.42. The number of nitrogens with one attached hydrogen (secondary N) is 1. The zero-order valence-electron chi connectivity index (χ0n) is 14.2. The van der Waals surface area contributed by atoms with E-state index in [1.165, 1.54) is 6.07 Å². The summed E-state index contributed by atoms with van der Waals surface area (Å²) in [5, 5.41) is 12.6. The van der Waals surface area contributed by atoms with Crippen molar-refractivity contribution in [2.45, 2.75) is 13.5 Å². The number of rotatable bonds is 5. The van der Waals surface area contributed by atoms with Crippen LogP contribution >= 0.6 is 0 Å². The average molecular weight is 338 g/mol. The van der Waals surface area contributed by atoms with Crippen molar-refractivity contribution >= 4 is 22.5 Å². The third-order valence-corrected chi connectivity index (χ3v) is 4.12. The van der Waals surface area contributed by atoms with Gasteiger partial charge in [-0.25, -0.2) is 4.39 Å². The Hall–Kier alpha value is -3.02. The molecule has 0 unspecified atom stereocenters. The van der Waals surface area contributed by atoms with E-state index in [1.807, 2.05) is 43.1 Å². The monoisotopic (exact) mass is 338 g/mol. The zero-order chi connectivity index (χ0) is 17.8. The number of benzene rings is 2. The lowest BCUT2D eigenvalue weighted by atomic mass is 10.1. The summed E-state index contributed by atoms with van der Waals surface area (Å²) < 4.78 is 13.7. The van der Waals surface area contributed by atoms with Gasteiger partial charge in [0.05, 0.1) is 0 Å². The number of aromatic nitrogens is 2. The normalized spacial score (nSPS) is 10.7. The smallest absolute Gasteiger partial charge is 0.272 e. The Morgan fingerprint density at radius 1 is 1.08 bits per heavy atom. The molecule has 3 aromatic rings. The molecule has 0 saturated heterocycles. The summed E-state index contributed by atoms with van der Waals surface area (Å²) in [4.78, 5) is 14.5. The van der Waals surface area contributed by atoms with Crippen molar-refractivity contribution in [3.63, 3.8) is 0 Å². The van der Waals surface area contributed by atoms with E-state index in [0.29, 0.717) is 5.56 Å². The molecular formula is C19H19FN4O. The summed E-state index contributed by atoms with van der Waals surface area (Å²) in [5.74, 6) is 0.0000640. The second-order valence-corrected chi connectivity index (χ2v) is 5.71. The van der Waals surface area contributed by atoms with E-state index >= 15 is 0 Å². The molecule has 0 atom stereocenters. The van der Waals surface area contributed by atoms with E-state index in [0.717, 1.165) is 23.1 Å². The summed E-state index contributed by atoms with van der Waals surface area (Å²) in [6, 6.07) is 13.9. The van der Waals surface area contributed by atoms with Crippen molar-refractivity contribution in [1.82, 2.24) is 15.5 Å². The van der Waals surface area contributed by atoms with Crippen molar-refractivity contribution in [3.8, 4) is 0 Å². The highest BCUT2D eigenvalue weighted by molar-refractivity contribution is 6.07. The van der Waals surface area contributed by atoms with Crippen LogP contribution in [-0.4, -0.2) is 29.7 Å². The number of nitrogens with zero attached hydrogens (tertiary/aromatic N) is 3. The zero-order valence-corrected chi connectivity index (χ0v) is 14.2. The van der Waals surface area contributed by atoms with Crippen LogP contribution in [0.25, 0.3) is 10.8 Å². The van der Waals surface area contributed by atoms with Crippen LogP contribution in [0.5, 0.6) is 0 Å². The second kappa shape index (κ2) is 7.25. The van der Waals surface area contributed by atoms with Gasteiger partial charge in [-0.15, -0.1) is 10.2 Å². The molecule has 0 fully saturated rings. The van der Waals surface area contributed by atoms with Gasteiger partial charge in [0.15, 0.2) is 11.5 Å². The Bertz CT molecular complexity index is 913. The molecule has 1 heterocycles. The predicted molar refractivity (Wildman–Crippen MR) is 96.1 cm³/mol. The number of carbonyl (C=O) groups is 1. The summed E-state index contributed by atoms with van der Waals surface area (Å²) in [7, 11) is 1.92. The van der Waals surface area contributed by atoms with Gasteiger partial charge in [0.25, 0.3) is 5.91 Å². The van der Waals surface area contributed by atoms with E-state index in [4.69, 9.17) is 0 Å². The fourth-order valence-corrected chi connectivity index (χ4v) is 2.59. The van der Waals surface area contributed by atoms with Crippen LogP contribution in [0.3, 0.4) is 0 Å². The molecule has 1 amide bonds. The number of carbonyl (C=O) groups excluding carboxylic acids is 1. The van der Waals surface area contributed by atoms with E-state index in [-0.39, 0.29) is 24.0 Å². The van der Waals surface area contributed by atoms with Gasteiger partial charge < -0.3 is 10.2 Å².